The van der Waals surface area contributed by atoms with Crippen molar-refractivity contribution in [3.8, 4) is 5.88 Å². The lowest BCUT2D eigenvalue weighted by molar-refractivity contribution is 0.397. The minimum atomic E-state index is 0.364. The van der Waals surface area contributed by atoms with Crippen molar-refractivity contribution in [3.63, 3.8) is 0 Å². The second kappa shape index (κ2) is 4.07. The zero-order valence-electron chi connectivity index (χ0n) is 7.45. The van der Waals surface area contributed by atoms with Crippen LogP contribution in [0.25, 0.3) is 0 Å². The minimum Gasteiger partial charge on any atom is -0.481 e. The molecule has 0 aliphatic rings. The second-order valence-electron chi connectivity index (χ2n) is 2.77. The monoisotopic (exact) mass is 166 g/mol. The summed E-state index contributed by atoms with van der Waals surface area (Å²) in [4.78, 5) is 4.09. The molecule has 1 rings (SSSR count). The normalized spacial score (nSPS) is 12.6. The molecule has 1 atom stereocenters. The highest BCUT2D eigenvalue weighted by atomic mass is 16.5. The van der Waals surface area contributed by atoms with Crippen LogP contribution in [-0.2, 0) is 0 Å². The Bertz CT molecular complexity index is 233. The molecule has 0 aromatic carbocycles. The molecule has 1 aromatic heterocycles. The summed E-state index contributed by atoms with van der Waals surface area (Å²) in [5, 5.41) is 0. The Balaban J connectivity index is 2.77. The molecular formula is C9H14N2O. The Morgan fingerprint density at radius 3 is 2.75 bits per heavy atom. The van der Waals surface area contributed by atoms with Gasteiger partial charge in [-0.05, 0) is 18.0 Å². The van der Waals surface area contributed by atoms with Gasteiger partial charge in [0, 0.05) is 12.3 Å². The summed E-state index contributed by atoms with van der Waals surface area (Å²) >= 11 is 0. The average Bonchev–Trinajstić information content (AvgIpc) is 2.17. The number of ether oxygens (including phenoxy) is 1. The van der Waals surface area contributed by atoms with Gasteiger partial charge in [0.25, 0.3) is 0 Å². The Morgan fingerprint density at radius 1 is 1.58 bits per heavy atom. The summed E-state index contributed by atoms with van der Waals surface area (Å²) in [7, 11) is 1.61. The van der Waals surface area contributed by atoms with E-state index in [1.165, 1.54) is 0 Å². The van der Waals surface area contributed by atoms with Crippen molar-refractivity contribution in [2.24, 2.45) is 5.73 Å². The topological polar surface area (TPSA) is 48.1 Å². The van der Waals surface area contributed by atoms with Crippen molar-refractivity contribution in [3.05, 3.63) is 23.9 Å². The van der Waals surface area contributed by atoms with Gasteiger partial charge in [0.2, 0.25) is 5.88 Å². The predicted molar refractivity (Wildman–Crippen MR) is 48.3 cm³/mol. The molecule has 66 valence electrons. The van der Waals surface area contributed by atoms with E-state index in [2.05, 4.69) is 11.9 Å². The Morgan fingerprint density at radius 2 is 2.33 bits per heavy atom. The van der Waals surface area contributed by atoms with Gasteiger partial charge in [-0.3, -0.25) is 0 Å². The van der Waals surface area contributed by atoms with E-state index in [1.807, 2.05) is 12.1 Å². The fourth-order valence-electron chi connectivity index (χ4n) is 0.940. The number of hydrogen-bond acceptors (Lipinski definition) is 3. The largest absolute Gasteiger partial charge is 0.481 e. The summed E-state index contributed by atoms with van der Waals surface area (Å²) in [6, 6.07) is 3.84. The number of rotatable bonds is 3. The fourth-order valence-corrected chi connectivity index (χ4v) is 0.940. The molecule has 0 spiro atoms. The van der Waals surface area contributed by atoms with Crippen LogP contribution < -0.4 is 10.5 Å². The Hall–Kier alpha value is -1.09. The van der Waals surface area contributed by atoms with E-state index in [0.717, 1.165) is 5.56 Å². The lowest BCUT2D eigenvalue weighted by Crippen LogP contribution is -2.08. The van der Waals surface area contributed by atoms with Gasteiger partial charge in [0.1, 0.15) is 0 Å². The molecule has 2 N–H and O–H groups in total. The highest BCUT2D eigenvalue weighted by Crippen LogP contribution is 2.14. The Kier molecular flexibility index (Phi) is 3.05. The number of nitrogens with zero attached hydrogens (tertiary/aromatic N) is 1. The maximum absolute atomic E-state index is 5.52. The van der Waals surface area contributed by atoms with Gasteiger partial charge in [-0.2, -0.15) is 0 Å². The summed E-state index contributed by atoms with van der Waals surface area (Å²) in [5.74, 6) is 1.01. The molecule has 0 aliphatic carbocycles. The smallest absolute Gasteiger partial charge is 0.212 e. The number of hydrogen-bond donors (Lipinski definition) is 1. The summed E-state index contributed by atoms with van der Waals surface area (Å²) in [6.07, 6.45) is 1.80. The molecule has 3 heteroatoms. The molecule has 12 heavy (non-hydrogen) atoms. The van der Waals surface area contributed by atoms with Gasteiger partial charge in [-0.15, -0.1) is 0 Å². The highest BCUT2D eigenvalue weighted by Gasteiger charge is 2.02. The molecule has 0 amide bonds. The third-order valence-corrected chi connectivity index (χ3v) is 1.89. The van der Waals surface area contributed by atoms with Crippen LogP contribution in [0.15, 0.2) is 18.3 Å². The molecule has 0 fully saturated rings. The van der Waals surface area contributed by atoms with Crippen LogP contribution in [-0.4, -0.2) is 18.6 Å². The van der Waals surface area contributed by atoms with E-state index in [0.29, 0.717) is 18.3 Å². The number of methoxy groups -OCH3 is 1. The maximum atomic E-state index is 5.52. The van der Waals surface area contributed by atoms with Gasteiger partial charge in [-0.1, -0.05) is 13.0 Å². The van der Waals surface area contributed by atoms with E-state index < -0.39 is 0 Å². The molecule has 1 aromatic rings. The molecule has 0 radical (unpaired) electrons. The van der Waals surface area contributed by atoms with Crippen LogP contribution in [0.1, 0.15) is 18.4 Å². The summed E-state index contributed by atoms with van der Waals surface area (Å²) in [6.45, 7) is 2.72. The first-order valence-electron chi connectivity index (χ1n) is 3.98. The number of nitrogens with two attached hydrogens (primary N) is 1. The minimum absolute atomic E-state index is 0.364. The molecule has 3 nitrogen and oxygen atoms in total. The quantitative estimate of drug-likeness (QED) is 0.732. The average molecular weight is 166 g/mol. The third-order valence-electron chi connectivity index (χ3n) is 1.89. The molecular weight excluding hydrogens is 152 g/mol. The van der Waals surface area contributed by atoms with E-state index in [-0.39, 0.29) is 0 Å². The van der Waals surface area contributed by atoms with Gasteiger partial charge in [-0.25, -0.2) is 4.98 Å². The van der Waals surface area contributed by atoms with E-state index in [4.69, 9.17) is 10.5 Å². The third kappa shape index (κ3) is 1.95. The van der Waals surface area contributed by atoms with Gasteiger partial charge in [0.15, 0.2) is 0 Å². The van der Waals surface area contributed by atoms with Crippen LogP contribution in [0.2, 0.25) is 0 Å². The number of pyridine rings is 1. The summed E-state index contributed by atoms with van der Waals surface area (Å²) in [5.41, 5.74) is 6.67. The number of aromatic nitrogens is 1. The Labute approximate surface area is 72.6 Å². The molecule has 1 heterocycles. The van der Waals surface area contributed by atoms with Crippen molar-refractivity contribution in [1.29, 1.82) is 0 Å². The van der Waals surface area contributed by atoms with Crippen LogP contribution >= 0.6 is 0 Å². The first-order valence-corrected chi connectivity index (χ1v) is 3.98. The van der Waals surface area contributed by atoms with Gasteiger partial charge in [0.05, 0.1) is 7.11 Å². The van der Waals surface area contributed by atoms with Crippen molar-refractivity contribution in [2.75, 3.05) is 13.7 Å². The summed E-state index contributed by atoms with van der Waals surface area (Å²) < 4.78 is 4.94. The zero-order valence-corrected chi connectivity index (χ0v) is 7.45. The molecule has 1 unspecified atom stereocenters. The lowest BCUT2D eigenvalue weighted by Gasteiger charge is -2.07. The highest BCUT2D eigenvalue weighted by molar-refractivity contribution is 5.20. The van der Waals surface area contributed by atoms with Crippen molar-refractivity contribution >= 4 is 0 Å². The van der Waals surface area contributed by atoms with Crippen LogP contribution in [0.5, 0.6) is 5.88 Å². The first kappa shape index (κ1) is 9.00. The van der Waals surface area contributed by atoms with Crippen LogP contribution in [0.3, 0.4) is 0 Å². The molecule has 0 aliphatic heterocycles. The SMILES string of the molecule is COc1ccc(C(C)CN)cn1. The van der Waals surface area contributed by atoms with Crippen molar-refractivity contribution < 1.29 is 4.74 Å². The molecule has 0 bridgehead atoms. The van der Waals surface area contributed by atoms with Crippen LogP contribution in [0.4, 0.5) is 0 Å². The second-order valence-corrected chi connectivity index (χ2v) is 2.77. The van der Waals surface area contributed by atoms with Gasteiger partial charge >= 0.3 is 0 Å². The molecule has 0 saturated carbocycles. The zero-order chi connectivity index (χ0) is 8.97. The molecule has 0 saturated heterocycles. The van der Waals surface area contributed by atoms with Crippen LogP contribution in [0, 0.1) is 0 Å². The maximum Gasteiger partial charge on any atom is 0.212 e. The van der Waals surface area contributed by atoms with E-state index in [9.17, 15) is 0 Å². The van der Waals surface area contributed by atoms with E-state index >= 15 is 0 Å². The lowest BCUT2D eigenvalue weighted by atomic mass is 10.0. The van der Waals surface area contributed by atoms with Gasteiger partial charge < -0.3 is 10.5 Å². The van der Waals surface area contributed by atoms with Crippen molar-refractivity contribution in [1.82, 2.24) is 4.98 Å². The van der Waals surface area contributed by atoms with Crippen molar-refractivity contribution in [2.45, 2.75) is 12.8 Å². The fraction of sp³-hybridized carbons (Fsp3) is 0.444. The predicted octanol–water partition coefficient (Wildman–Crippen LogP) is 1.15. The van der Waals surface area contributed by atoms with E-state index in [1.54, 1.807) is 13.3 Å². The first-order chi connectivity index (χ1) is 5.77. The standard InChI is InChI=1S/C9H14N2O/c1-7(5-10)8-3-4-9(12-2)11-6-8/h3-4,6-7H,5,10H2,1-2H3.